The van der Waals surface area contributed by atoms with Crippen molar-refractivity contribution in [3.05, 3.63) is 42.5 Å². The van der Waals surface area contributed by atoms with E-state index in [0.717, 1.165) is 53.9 Å². The summed E-state index contributed by atoms with van der Waals surface area (Å²) in [4.78, 5) is 13.4. The van der Waals surface area contributed by atoms with Crippen LogP contribution in [0.15, 0.2) is 36.9 Å². The summed E-state index contributed by atoms with van der Waals surface area (Å²) in [6, 6.07) is 3.93. The van der Waals surface area contributed by atoms with Gasteiger partial charge in [-0.25, -0.2) is 23.4 Å². The van der Waals surface area contributed by atoms with Crippen LogP contribution in [0.5, 0.6) is 0 Å². The van der Waals surface area contributed by atoms with Crippen molar-refractivity contribution in [2.75, 3.05) is 10.6 Å². The van der Waals surface area contributed by atoms with Crippen molar-refractivity contribution < 1.29 is 13.5 Å². The molecule has 10 nitrogen and oxygen atoms in total. The van der Waals surface area contributed by atoms with Crippen LogP contribution < -0.4 is 10.6 Å². The fourth-order valence-corrected chi connectivity index (χ4v) is 5.97. The maximum atomic E-state index is 12.5. The summed E-state index contributed by atoms with van der Waals surface area (Å²) < 4.78 is 26.0. The molecular formula is C27H31N7O3S. The number of aliphatic hydroxyl groups excluding tert-OH is 1. The maximum Gasteiger partial charge on any atom is 0.256 e. The van der Waals surface area contributed by atoms with E-state index in [-0.39, 0.29) is 22.8 Å². The molecule has 3 N–H and O–H groups in total. The van der Waals surface area contributed by atoms with Crippen LogP contribution in [0.4, 0.5) is 17.3 Å². The highest BCUT2D eigenvalue weighted by Gasteiger charge is 2.38. The molecule has 3 heterocycles. The molecule has 0 radical (unpaired) electrons. The van der Waals surface area contributed by atoms with Crippen LogP contribution >= 0.6 is 0 Å². The van der Waals surface area contributed by atoms with E-state index in [9.17, 15) is 13.5 Å². The molecule has 6 rings (SSSR count). The molecule has 3 aromatic rings. The second-order valence-electron chi connectivity index (χ2n) is 10.8. The van der Waals surface area contributed by atoms with E-state index in [0.29, 0.717) is 35.9 Å². The SMILES string of the molecule is CC1(C#Cc2cnc(Nc3ccnc(-c4cnn(S(=O)(=O)C5CC5)c4)n3)cc2NC2CCC(O)CC2)CC1. The van der Waals surface area contributed by atoms with Crippen molar-refractivity contribution in [3.8, 4) is 23.2 Å². The molecule has 3 aromatic heterocycles. The lowest BCUT2D eigenvalue weighted by Gasteiger charge is -2.27. The minimum absolute atomic E-state index is 0.103. The summed E-state index contributed by atoms with van der Waals surface area (Å²) in [5.74, 6) is 8.21. The van der Waals surface area contributed by atoms with E-state index in [4.69, 9.17) is 0 Å². The number of hydrogen-bond donors (Lipinski definition) is 3. The Kier molecular flexibility index (Phi) is 6.32. The molecule has 198 valence electrons. The van der Waals surface area contributed by atoms with Gasteiger partial charge in [-0.1, -0.05) is 11.8 Å². The number of aromatic nitrogens is 5. The zero-order valence-electron chi connectivity index (χ0n) is 21.3. The van der Waals surface area contributed by atoms with Gasteiger partial charge in [0.2, 0.25) is 0 Å². The molecule has 3 aliphatic carbocycles. The fourth-order valence-electron chi connectivity index (χ4n) is 4.49. The number of hydrogen-bond acceptors (Lipinski definition) is 9. The number of rotatable bonds is 7. The van der Waals surface area contributed by atoms with Crippen LogP contribution in [0.1, 0.15) is 63.9 Å². The van der Waals surface area contributed by atoms with Gasteiger partial charge in [-0.15, -0.1) is 0 Å². The monoisotopic (exact) mass is 533 g/mol. The normalized spacial score (nSPS) is 22.3. The average molecular weight is 534 g/mol. The molecule has 3 fully saturated rings. The topological polar surface area (TPSA) is 135 Å². The molecule has 0 saturated heterocycles. The Bertz CT molecular complexity index is 1510. The summed E-state index contributed by atoms with van der Waals surface area (Å²) in [6.07, 6.45) is 13.1. The van der Waals surface area contributed by atoms with Gasteiger partial charge in [-0.2, -0.15) is 9.19 Å². The first-order valence-electron chi connectivity index (χ1n) is 13.1. The quantitative estimate of drug-likeness (QED) is 0.389. The van der Waals surface area contributed by atoms with E-state index < -0.39 is 10.0 Å². The number of pyridine rings is 1. The zero-order chi connectivity index (χ0) is 26.3. The molecule has 0 unspecified atom stereocenters. The molecule has 3 saturated carbocycles. The van der Waals surface area contributed by atoms with Crippen molar-refractivity contribution >= 4 is 27.3 Å². The Labute approximate surface area is 222 Å². The Balaban J connectivity index is 1.23. The molecule has 0 amide bonds. The van der Waals surface area contributed by atoms with Crippen LogP contribution in [0, 0.1) is 17.3 Å². The van der Waals surface area contributed by atoms with Gasteiger partial charge >= 0.3 is 0 Å². The van der Waals surface area contributed by atoms with Gasteiger partial charge in [-0.05, 0) is 64.4 Å². The fraction of sp³-hybridized carbons (Fsp3) is 0.481. The van der Waals surface area contributed by atoms with Gasteiger partial charge in [0.15, 0.2) is 5.82 Å². The molecule has 0 bridgehead atoms. The van der Waals surface area contributed by atoms with Crippen molar-refractivity contribution in [2.24, 2.45) is 5.41 Å². The first-order valence-corrected chi connectivity index (χ1v) is 14.7. The second kappa shape index (κ2) is 9.67. The van der Waals surface area contributed by atoms with E-state index in [2.05, 4.69) is 49.4 Å². The van der Waals surface area contributed by atoms with Gasteiger partial charge in [0.05, 0.1) is 40.6 Å². The van der Waals surface area contributed by atoms with Gasteiger partial charge in [0.25, 0.3) is 10.0 Å². The van der Waals surface area contributed by atoms with E-state index in [1.807, 2.05) is 6.07 Å². The standard InChI is InChI=1S/C27H31N7O3S/c1-27(11-12-27)10-8-18-15-29-25(14-23(18)31-20-2-4-21(35)5-3-20)32-24-9-13-28-26(33-24)19-16-30-34(17-19)38(36,37)22-6-7-22/h9,13-17,20-22,35H,2-7,11-12H2,1H3,(H2,28,29,31,32,33). The van der Waals surface area contributed by atoms with Gasteiger partial charge in [0.1, 0.15) is 11.6 Å². The second-order valence-corrected chi connectivity index (χ2v) is 12.9. The molecule has 0 spiro atoms. The van der Waals surface area contributed by atoms with Gasteiger partial charge in [0, 0.05) is 29.9 Å². The van der Waals surface area contributed by atoms with Crippen LogP contribution in [0.25, 0.3) is 11.4 Å². The molecule has 0 atom stereocenters. The number of nitrogens with zero attached hydrogens (tertiary/aromatic N) is 5. The predicted molar refractivity (Wildman–Crippen MR) is 144 cm³/mol. The smallest absolute Gasteiger partial charge is 0.256 e. The number of nitrogens with one attached hydrogen (secondary N) is 2. The third-order valence-corrected chi connectivity index (χ3v) is 9.43. The van der Waals surface area contributed by atoms with Crippen LogP contribution in [-0.2, 0) is 10.0 Å². The van der Waals surface area contributed by atoms with Crippen molar-refractivity contribution in [1.29, 1.82) is 0 Å². The molecule has 3 aliphatic rings. The predicted octanol–water partition coefficient (Wildman–Crippen LogP) is 3.69. The van der Waals surface area contributed by atoms with Crippen molar-refractivity contribution in [1.82, 2.24) is 24.1 Å². The molecular weight excluding hydrogens is 502 g/mol. The largest absolute Gasteiger partial charge is 0.393 e. The third-order valence-electron chi connectivity index (χ3n) is 7.40. The summed E-state index contributed by atoms with van der Waals surface area (Å²) in [5.41, 5.74) is 2.38. The van der Waals surface area contributed by atoms with Crippen molar-refractivity contribution in [3.63, 3.8) is 0 Å². The Morgan fingerprint density at radius 3 is 2.61 bits per heavy atom. The average Bonchev–Trinajstić information content (AvgIpc) is 3.83. The lowest BCUT2D eigenvalue weighted by molar-refractivity contribution is 0.126. The summed E-state index contributed by atoms with van der Waals surface area (Å²) in [5, 5.41) is 20.4. The third kappa shape index (κ3) is 5.51. The van der Waals surface area contributed by atoms with Crippen LogP contribution in [0.2, 0.25) is 0 Å². The van der Waals surface area contributed by atoms with E-state index in [1.165, 1.54) is 12.4 Å². The summed E-state index contributed by atoms with van der Waals surface area (Å²) in [7, 11) is -3.45. The summed E-state index contributed by atoms with van der Waals surface area (Å²) >= 11 is 0. The van der Waals surface area contributed by atoms with Gasteiger partial charge < -0.3 is 15.7 Å². The zero-order valence-corrected chi connectivity index (χ0v) is 22.1. The van der Waals surface area contributed by atoms with Crippen LogP contribution in [0.3, 0.4) is 0 Å². The highest BCUT2D eigenvalue weighted by atomic mass is 32.2. The van der Waals surface area contributed by atoms with Crippen molar-refractivity contribution in [2.45, 2.75) is 75.7 Å². The summed E-state index contributed by atoms with van der Waals surface area (Å²) in [6.45, 7) is 2.18. The number of anilines is 3. The Morgan fingerprint density at radius 1 is 1.08 bits per heavy atom. The van der Waals surface area contributed by atoms with E-state index >= 15 is 0 Å². The highest BCUT2D eigenvalue weighted by molar-refractivity contribution is 7.90. The minimum atomic E-state index is -3.45. The lowest BCUT2D eigenvalue weighted by atomic mass is 9.93. The molecule has 0 aromatic carbocycles. The number of aliphatic hydroxyl groups is 1. The van der Waals surface area contributed by atoms with Gasteiger partial charge in [-0.3, -0.25) is 0 Å². The molecule has 38 heavy (non-hydrogen) atoms. The first kappa shape index (κ1) is 24.8. The van der Waals surface area contributed by atoms with Crippen LogP contribution in [-0.4, -0.2) is 55.1 Å². The first-order chi connectivity index (χ1) is 18.3. The Morgan fingerprint density at radius 2 is 1.87 bits per heavy atom. The highest BCUT2D eigenvalue weighted by Crippen LogP contribution is 2.44. The minimum Gasteiger partial charge on any atom is -0.393 e. The molecule has 11 heteroatoms. The molecule has 0 aliphatic heterocycles. The van der Waals surface area contributed by atoms with E-state index in [1.54, 1.807) is 18.5 Å². The Hall–Kier alpha value is -3.49. The maximum absolute atomic E-state index is 12.5. The lowest BCUT2D eigenvalue weighted by Crippen LogP contribution is -2.28.